The predicted octanol–water partition coefficient (Wildman–Crippen LogP) is 5.20. The smallest absolute Gasteiger partial charge is 0.251 e. The van der Waals surface area contributed by atoms with Crippen LogP contribution in [0.2, 0.25) is 0 Å². The third-order valence-electron chi connectivity index (χ3n) is 8.70. The molecule has 0 radical (unpaired) electrons. The summed E-state index contributed by atoms with van der Waals surface area (Å²) in [6.07, 6.45) is 6.40. The van der Waals surface area contributed by atoms with Gasteiger partial charge in [0.2, 0.25) is 5.91 Å². The minimum atomic E-state index is -0.236. The maximum Gasteiger partial charge on any atom is 0.251 e. The Morgan fingerprint density at radius 1 is 0.950 bits per heavy atom. The summed E-state index contributed by atoms with van der Waals surface area (Å²) in [4.78, 5) is 31.6. The molecule has 0 spiro atoms. The molecule has 2 heterocycles. The molecular weight excluding hydrogens is 496 g/mol. The van der Waals surface area contributed by atoms with Crippen molar-refractivity contribution in [1.29, 1.82) is 0 Å². The van der Waals surface area contributed by atoms with Crippen LogP contribution in [-0.4, -0.2) is 73.0 Å². The zero-order chi connectivity index (χ0) is 27.7. The number of benzene rings is 3. The lowest BCUT2D eigenvalue weighted by molar-refractivity contribution is -0.133. The molecule has 2 aliphatic rings. The van der Waals surface area contributed by atoms with Gasteiger partial charge in [-0.15, -0.1) is 0 Å². The van der Waals surface area contributed by atoms with Crippen LogP contribution >= 0.6 is 0 Å². The van der Waals surface area contributed by atoms with E-state index in [1.54, 1.807) is 0 Å². The highest BCUT2D eigenvalue weighted by Crippen LogP contribution is 2.23. The number of carbonyl (C=O) groups excluding carboxylic acids is 2. The first-order chi connectivity index (χ1) is 19.6. The molecule has 2 amide bonds. The summed E-state index contributed by atoms with van der Waals surface area (Å²) < 4.78 is 0. The second-order valence-corrected chi connectivity index (χ2v) is 11.5. The van der Waals surface area contributed by atoms with Gasteiger partial charge in [-0.1, -0.05) is 74.0 Å². The highest BCUT2D eigenvalue weighted by Gasteiger charge is 2.32. The molecule has 2 fully saturated rings. The molecule has 6 heteroatoms. The van der Waals surface area contributed by atoms with Crippen molar-refractivity contribution in [1.82, 2.24) is 20.4 Å². The van der Waals surface area contributed by atoms with E-state index in [4.69, 9.17) is 0 Å². The van der Waals surface area contributed by atoms with Gasteiger partial charge in [0.1, 0.15) is 0 Å². The third-order valence-corrected chi connectivity index (χ3v) is 8.70. The summed E-state index contributed by atoms with van der Waals surface area (Å²) in [7, 11) is 0. The molecule has 5 rings (SSSR count). The molecule has 0 aliphatic carbocycles. The van der Waals surface area contributed by atoms with Gasteiger partial charge in [0, 0.05) is 43.7 Å². The average molecular weight is 541 g/mol. The Morgan fingerprint density at radius 2 is 1.70 bits per heavy atom. The van der Waals surface area contributed by atoms with Crippen LogP contribution in [0.4, 0.5) is 0 Å². The second kappa shape index (κ2) is 13.9. The second-order valence-electron chi connectivity index (χ2n) is 11.5. The summed E-state index contributed by atoms with van der Waals surface area (Å²) in [5.41, 5.74) is 1.96. The van der Waals surface area contributed by atoms with Gasteiger partial charge in [0.15, 0.2) is 0 Å². The van der Waals surface area contributed by atoms with Crippen molar-refractivity contribution in [2.24, 2.45) is 0 Å². The number of piperidine rings is 1. The number of rotatable bonds is 10. The van der Waals surface area contributed by atoms with Crippen molar-refractivity contribution in [3.05, 3.63) is 83.9 Å². The number of nitrogens with zero attached hydrogens (tertiary/aromatic N) is 2. The van der Waals surface area contributed by atoms with Crippen LogP contribution in [-0.2, 0) is 4.79 Å². The Bertz CT molecular complexity index is 1260. The first-order valence-corrected chi connectivity index (χ1v) is 15.2. The molecule has 40 heavy (non-hydrogen) atoms. The number of likely N-dealkylation sites (tertiary alicyclic amines) is 1. The monoisotopic (exact) mass is 540 g/mol. The highest BCUT2D eigenvalue weighted by atomic mass is 16.2. The number of amides is 2. The molecule has 2 N–H and O–H groups in total. The minimum Gasteiger partial charge on any atom is -0.350 e. The van der Waals surface area contributed by atoms with E-state index in [0.717, 1.165) is 56.2 Å². The van der Waals surface area contributed by atoms with E-state index in [0.29, 0.717) is 24.6 Å². The lowest BCUT2D eigenvalue weighted by Gasteiger charge is -2.31. The maximum atomic E-state index is 13.9. The Kier molecular flexibility index (Phi) is 9.85. The Labute approximate surface area is 239 Å². The lowest BCUT2D eigenvalue weighted by Crippen LogP contribution is -2.50. The van der Waals surface area contributed by atoms with E-state index in [1.807, 2.05) is 42.5 Å². The molecule has 6 nitrogen and oxygen atoms in total. The van der Waals surface area contributed by atoms with Crippen LogP contribution in [0, 0.1) is 0 Å². The molecule has 0 bridgehead atoms. The van der Waals surface area contributed by atoms with Crippen molar-refractivity contribution in [2.45, 2.75) is 63.5 Å². The maximum absolute atomic E-state index is 13.9. The highest BCUT2D eigenvalue weighted by molar-refractivity contribution is 5.98. The summed E-state index contributed by atoms with van der Waals surface area (Å²) >= 11 is 0. The molecular formula is C34H44N4O2. The topological polar surface area (TPSA) is 64.7 Å². The Hall–Kier alpha value is -3.22. The Morgan fingerprint density at radius 3 is 2.48 bits per heavy atom. The molecule has 3 aromatic rings. The molecule has 3 atom stereocenters. The zero-order valence-electron chi connectivity index (χ0n) is 23.9. The van der Waals surface area contributed by atoms with E-state index in [2.05, 4.69) is 57.7 Å². The number of hydrogen-bond acceptors (Lipinski definition) is 4. The van der Waals surface area contributed by atoms with Crippen molar-refractivity contribution < 1.29 is 9.59 Å². The average Bonchev–Trinajstić information content (AvgIpc) is 3.16. The van der Waals surface area contributed by atoms with Gasteiger partial charge in [-0.05, 0) is 73.7 Å². The quantitative estimate of drug-likeness (QED) is 0.371. The van der Waals surface area contributed by atoms with Gasteiger partial charge in [-0.2, -0.15) is 0 Å². The van der Waals surface area contributed by atoms with Crippen molar-refractivity contribution >= 4 is 22.6 Å². The van der Waals surface area contributed by atoms with Crippen LogP contribution in [0.1, 0.15) is 67.3 Å². The van der Waals surface area contributed by atoms with Crippen molar-refractivity contribution in [2.75, 3.05) is 39.3 Å². The fourth-order valence-electron chi connectivity index (χ4n) is 6.24. The predicted molar refractivity (Wildman–Crippen MR) is 163 cm³/mol. The van der Waals surface area contributed by atoms with E-state index in [1.165, 1.54) is 24.8 Å². The number of carbonyl (C=O) groups is 2. The molecule has 2 saturated heterocycles. The summed E-state index contributed by atoms with van der Waals surface area (Å²) in [5, 5.41) is 9.01. The largest absolute Gasteiger partial charge is 0.350 e. The van der Waals surface area contributed by atoms with Crippen LogP contribution in [0.5, 0.6) is 0 Å². The van der Waals surface area contributed by atoms with Crippen LogP contribution in [0.3, 0.4) is 0 Å². The molecule has 3 aromatic carbocycles. The normalized spacial score (nSPS) is 21.2. The lowest BCUT2D eigenvalue weighted by atomic mass is 9.95. The first-order valence-electron chi connectivity index (χ1n) is 15.2. The van der Waals surface area contributed by atoms with Gasteiger partial charge in [-0.3, -0.25) is 9.59 Å². The number of hydrogen-bond donors (Lipinski definition) is 2. The molecule has 0 saturated carbocycles. The van der Waals surface area contributed by atoms with Crippen LogP contribution in [0.15, 0.2) is 72.8 Å². The van der Waals surface area contributed by atoms with Gasteiger partial charge in [-0.25, -0.2) is 0 Å². The van der Waals surface area contributed by atoms with Crippen LogP contribution < -0.4 is 10.6 Å². The number of nitrogens with one attached hydrogen (secondary N) is 2. The SMILES string of the molecule is CCC(CN1CC[C@@H](CNC(=O)c2ccc3ccccc3c2)N[C@@H](CCN2CCCCC2)C1=O)c1ccccc1. The van der Waals surface area contributed by atoms with Gasteiger partial charge >= 0.3 is 0 Å². The van der Waals surface area contributed by atoms with Gasteiger partial charge < -0.3 is 20.4 Å². The van der Waals surface area contributed by atoms with E-state index >= 15 is 0 Å². The third kappa shape index (κ3) is 7.29. The van der Waals surface area contributed by atoms with Crippen molar-refractivity contribution in [3.63, 3.8) is 0 Å². The standard InChI is InChI=1S/C34H44N4O2/c1-2-26(27-11-5-3-6-12-27)25-38-22-17-31(36-32(34(38)40)18-21-37-19-9-4-10-20-37)24-35-33(39)30-16-15-28-13-7-8-14-29(28)23-30/h3,5-8,11-16,23,26,31-32,36H,2,4,9-10,17-22,24-25H2,1H3,(H,35,39)/t26?,31-,32-/m0/s1. The van der Waals surface area contributed by atoms with Gasteiger partial charge in [0.05, 0.1) is 6.04 Å². The van der Waals surface area contributed by atoms with Crippen molar-refractivity contribution in [3.8, 4) is 0 Å². The van der Waals surface area contributed by atoms with E-state index in [-0.39, 0.29) is 23.9 Å². The van der Waals surface area contributed by atoms with E-state index < -0.39 is 0 Å². The first kappa shape index (κ1) is 28.3. The summed E-state index contributed by atoms with van der Waals surface area (Å²) in [6, 6.07) is 24.3. The number of fused-ring (bicyclic) bond motifs is 1. The van der Waals surface area contributed by atoms with E-state index in [9.17, 15) is 9.59 Å². The minimum absolute atomic E-state index is 0.0431. The van der Waals surface area contributed by atoms with Gasteiger partial charge in [0.25, 0.3) is 5.91 Å². The molecule has 2 aliphatic heterocycles. The zero-order valence-corrected chi connectivity index (χ0v) is 23.9. The fourth-order valence-corrected chi connectivity index (χ4v) is 6.24. The Balaban J connectivity index is 1.25. The van der Waals surface area contributed by atoms with Crippen LogP contribution in [0.25, 0.3) is 10.8 Å². The summed E-state index contributed by atoms with van der Waals surface area (Å²) in [5.74, 6) is 0.451. The summed E-state index contributed by atoms with van der Waals surface area (Å²) in [6.45, 7) is 7.33. The molecule has 212 valence electrons. The molecule has 0 aromatic heterocycles. The molecule has 1 unspecified atom stereocenters. The fraction of sp³-hybridized carbons (Fsp3) is 0.471.